The van der Waals surface area contributed by atoms with Crippen LogP contribution < -0.4 is 10.9 Å². The first-order chi connectivity index (χ1) is 17.6. The molecule has 1 amide bonds. The Labute approximate surface area is 218 Å². The van der Waals surface area contributed by atoms with Crippen LogP contribution in [-0.4, -0.2) is 64.7 Å². The summed E-state index contributed by atoms with van der Waals surface area (Å²) in [7, 11) is 0. The summed E-state index contributed by atoms with van der Waals surface area (Å²) in [6, 6.07) is 3.35. The minimum atomic E-state index is -0.897. The van der Waals surface area contributed by atoms with Crippen molar-refractivity contribution in [2.75, 3.05) is 26.2 Å². The van der Waals surface area contributed by atoms with Crippen molar-refractivity contribution in [3.8, 4) is 0 Å². The van der Waals surface area contributed by atoms with Gasteiger partial charge >= 0.3 is 11.7 Å². The van der Waals surface area contributed by atoms with Gasteiger partial charge < -0.3 is 29.6 Å². The van der Waals surface area contributed by atoms with E-state index in [1.165, 1.54) is 6.07 Å². The highest BCUT2D eigenvalue weighted by Gasteiger charge is 2.70. The average Bonchev–Trinajstić information content (AvgIpc) is 3.17. The van der Waals surface area contributed by atoms with Gasteiger partial charge in [0.25, 0.3) is 0 Å². The maximum atomic E-state index is 12.7. The van der Waals surface area contributed by atoms with Crippen molar-refractivity contribution in [3.05, 3.63) is 34.4 Å². The number of hydrogen-bond acceptors (Lipinski definition) is 7. The first kappa shape index (κ1) is 25.4. The van der Waals surface area contributed by atoms with E-state index in [1.807, 2.05) is 6.07 Å². The van der Waals surface area contributed by atoms with Crippen LogP contribution in [0, 0.1) is 22.7 Å². The van der Waals surface area contributed by atoms with Gasteiger partial charge in [-0.1, -0.05) is 13.8 Å². The van der Waals surface area contributed by atoms with E-state index in [9.17, 15) is 19.8 Å². The highest BCUT2D eigenvalue weighted by atomic mass is 16.6. The molecule has 8 unspecified atom stereocenters. The maximum absolute atomic E-state index is 12.7. The molecule has 1 aromatic heterocycles. The zero-order chi connectivity index (χ0) is 26.1. The van der Waals surface area contributed by atoms with Crippen molar-refractivity contribution in [2.24, 2.45) is 22.7 Å². The lowest BCUT2D eigenvalue weighted by Crippen LogP contribution is -2.67. The third kappa shape index (κ3) is 3.73. The predicted octanol–water partition coefficient (Wildman–Crippen LogP) is 3.41. The van der Waals surface area contributed by atoms with Crippen LogP contribution >= 0.6 is 0 Å². The maximum Gasteiger partial charge on any atom is 0.410 e. The number of hydrogen-bond donors (Lipinski definition) is 3. The molecular weight excluding hydrogens is 472 g/mol. The Bertz CT molecular complexity index is 1080. The first-order valence-electron chi connectivity index (χ1n) is 14.3. The lowest BCUT2D eigenvalue weighted by Gasteiger charge is -2.66. The summed E-state index contributed by atoms with van der Waals surface area (Å²) < 4.78 is 11.1. The van der Waals surface area contributed by atoms with Gasteiger partial charge in [-0.05, 0) is 86.2 Å². The third-order valence-electron chi connectivity index (χ3n) is 11.7. The number of carbonyl (C=O) groups excluding carboxylic acids is 1. The fourth-order valence-electron chi connectivity index (χ4n) is 9.45. The highest BCUT2D eigenvalue weighted by molar-refractivity contribution is 5.68. The van der Waals surface area contributed by atoms with E-state index in [4.69, 9.17) is 9.15 Å². The second-order valence-electron chi connectivity index (χ2n) is 13.0. The van der Waals surface area contributed by atoms with Gasteiger partial charge in [0, 0.05) is 44.1 Å². The number of fused-ring (bicyclic) bond motifs is 5. The monoisotopic (exact) mass is 514 g/mol. The number of carbonyl (C=O) groups is 1. The van der Waals surface area contributed by atoms with Crippen molar-refractivity contribution in [1.29, 1.82) is 0 Å². The van der Waals surface area contributed by atoms with Crippen LogP contribution in [0.3, 0.4) is 0 Å². The molecular formula is C29H42N2O6. The van der Waals surface area contributed by atoms with E-state index in [2.05, 4.69) is 19.2 Å². The molecule has 5 fully saturated rings. The summed E-state index contributed by atoms with van der Waals surface area (Å²) in [6.45, 7) is 7.33. The molecule has 8 atom stereocenters. The molecule has 37 heavy (non-hydrogen) atoms. The molecule has 8 heteroatoms. The molecule has 204 valence electrons. The van der Waals surface area contributed by atoms with E-state index in [-0.39, 0.29) is 46.4 Å². The van der Waals surface area contributed by atoms with Gasteiger partial charge in [-0.15, -0.1) is 0 Å². The Hall–Kier alpha value is -1.90. The zero-order valence-corrected chi connectivity index (χ0v) is 22.2. The van der Waals surface area contributed by atoms with Gasteiger partial charge in [0.2, 0.25) is 0 Å². The van der Waals surface area contributed by atoms with E-state index >= 15 is 0 Å². The molecule has 0 spiro atoms. The Balaban J connectivity index is 1.20. The first-order valence-corrected chi connectivity index (χ1v) is 14.3. The van der Waals surface area contributed by atoms with E-state index < -0.39 is 11.2 Å². The number of rotatable bonds is 2. The van der Waals surface area contributed by atoms with Gasteiger partial charge in [-0.3, -0.25) is 0 Å². The molecule has 1 saturated heterocycles. The average molecular weight is 515 g/mol. The quantitative estimate of drug-likeness (QED) is 0.555. The molecule has 0 radical (unpaired) electrons. The summed E-state index contributed by atoms with van der Waals surface area (Å²) in [5.41, 5.74) is -1.67. The van der Waals surface area contributed by atoms with Crippen LogP contribution in [0.4, 0.5) is 4.79 Å². The number of ether oxygens (including phenoxy) is 1. The van der Waals surface area contributed by atoms with Crippen molar-refractivity contribution >= 4 is 6.09 Å². The highest BCUT2D eigenvalue weighted by Crippen LogP contribution is 2.71. The fourth-order valence-corrected chi connectivity index (χ4v) is 9.45. The van der Waals surface area contributed by atoms with E-state index in [0.717, 1.165) is 63.6 Å². The van der Waals surface area contributed by atoms with Crippen LogP contribution in [0.15, 0.2) is 27.6 Å². The minimum absolute atomic E-state index is 0.122. The number of nitrogens with zero attached hydrogens (tertiary/aromatic N) is 1. The Kier molecular flexibility index (Phi) is 6.05. The number of nitrogens with one attached hydrogen (secondary N) is 1. The minimum Gasteiger partial charge on any atom is -0.446 e. The van der Waals surface area contributed by atoms with Crippen molar-refractivity contribution in [3.63, 3.8) is 0 Å². The van der Waals surface area contributed by atoms with Crippen LogP contribution in [0.5, 0.6) is 0 Å². The van der Waals surface area contributed by atoms with Gasteiger partial charge in [0.15, 0.2) is 0 Å². The molecule has 1 aromatic rings. The van der Waals surface area contributed by atoms with Gasteiger partial charge in [-0.25, -0.2) is 9.59 Å². The second kappa shape index (κ2) is 8.82. The van der Waals surface area contributed by atoms with Gasteiger partial charge in [-0.2, -0.15) is 0 Å². The van der Waals surface area contributed by atoms with Crippen molar-refractivity contribution in [2.45, 2.75) is 94.9 Å². The summed E-state index contributed by atoms with van der Waals surface area (Å²) in [6.07, 6.45) is 7.91. The SMILES string of the molecule is CC12CCC(OC(=O)N3CCNCC3)CC1(O)CCC1C2CCC2(C)C(c3ccc(=O)oc3)CCC12O. The van der Waals surface area contributed by atoms with Crippen LogP contribution in [0.2, 0.25) is 0 Å². The summed E-state index contributed by atoms with van der Waals surface area (Å²) >= 11 is 0. The molecule has 0 aromatic carbocycles. The lowest BCUT2D eigenvalue weighted by molar-refractivity contribution is -0.253. The molecule has 6 rings (SSSR count). The van der Waals surface area contributed by atoms with E-state index in [0.29, 0.717) is 25.9 Å². The summed E-state index contributed by atoms with van der Waals surface area (Å²) in [5, 5.41) is 27.7. The van der Waals surface area contributed by atoms with Crippen LogP contribution in [0.25, 0.3) is 0 Å². The third-order valence-corrected chi connectivity index (χ3v) is 11.7. The Morgan fingerprint density at radius 1 is 1.00 bits per heavy atom. The van der Waals surface area contributed by atoms with Crippen molar-refractivity contribution in [1.82, 2.24) is 10.2 Å². The fraction of sp³-hybridized carbons (Fsp3) is 0.793. The Morgan fingerprint density at radius 3 is 2.46 bits per heavy atom. The smallest absolute Gasteiger partial charge is 0.410 e. The second-order valence-corrected chi connectivity index (χ2v) is 13.0. The van der Waals surface area contributed by atoms with Gasteiger partial charge in [0.05, 0.1) is 17.5 Å². The molecule has 4 aliphatic carbocycles. The molecule has 4 saturated carbocycles. The molecule has 0 bridgehead atoms. The molecule has 1 aliphatic heterocycles. The van der Waals surface area contributed by atoms with E-state index in [1.54, 1.807) is 11.2 Å². The summed E-state index contributed by atoms with van der Waals surface area (Å²) in [4.78, 5) is 26.0. The topological polar surface area (TPSA) is 112 Å². The molecule has 5 aliphatic rings. The largest absolute Gasteiger partial charge is 0.446 e. The zero-order valence-electron chi connectivity index (χ0n) is 22.2. The summed E-state index contributed by atoms with van der Waals surface area (Å²) in [5.74, 6) is 0.496. The number of piperazine rings is 1. The van der Waals surface area contributed by atoms with Gasteiger partial charge in [0.1, 0.15) is 6.10 Å². The van der Waals surface area contributed by atoms with Crippen molar-refractivity contribution < 1.29 is 24.2 Å². The molecule has 3 N–H and O–H groups in total. The number of amides is 1. The molecule has 8 nitrogen and oxygen atoms in total. The van der Waals surface area contributed by atoms with Crippen LogP contribution in [0.1, 0.15) is 83.1 Å². The standard InChI is InChI=1S/C29H42N2O6/c1-26-9-5-20(37-25(33)31-15-13-30-14-16-31)17-28(26,34)11-7-23-22(26)6-10-27(2)21(8-12-29(23,27)35)19-3-4-24(32)36-18-19/h3-4,18,20-23,30,34-35H,5-17H2,1-2H3. The molecule has 2 heterocycles. The Morgan fingerprint density at radius 2 is 1.73 bits per heavy atom. The van der Waals surface area contributed by atoms with Crippen LogP contribution in [-0.2, 0) is 4.74 Å². The normalized spacial score (nSPS) is 45.5. The lowest BCUT2D eigenvalue weighted by atomic mass is 9.42. The predicted molar refractivity (Wildman–Crippen MR) is 137 cm³/mol. The number of aliphatic hydroxyl groups is 2.